The van der Waals surface area contributed by atoms with Crippen LogP contribution in [0.2, 0.25) is 0 Å². The van der Waals surface area contributed by atoms with E-state index in [1.807, 2.05) is 47.4 Å². The minimum absolute atomic E-state index is 0. The Labute approximate surface area is 149 Å². The molecule has 2 aromatic rings. The molecule has 3 rings (SSSR count). The molecule has 1 aliphatic rings. The highest BCUT2D eigenvalue weighted by molar-refractivity contribution is 5.97. The fourth-order valence-electron chi connectivity index (χ4n) is 3.35. The van der Waals surface area contributed by atoms with Crippen LogP contribution in [0.3, 0.4) is 0 Å². The molecule has 0 aromatic heterocycles. The Morgan fingerprint density at radius 1 is 1.12 bits per heavy atom. The highest BCUT2D eigenvalue weighted by atomic mass is 35.5. The number of likely N-dealkylation sites (tertiary alicyclic amines) is 1. The number of hydrogen-bond acceptors (Lipinski definition) is 3. The Kier molecular flexibility index (Phi) is 6.23. The van der Waals surface area contributed by atoms with Crippen molar-refractivity contribution >= 4 is 18.3 Å². The SMILES string of the molecule is COc1ccccc1C(=O)N1C[C@@H](CN)[C@H](c2ccccc2)C1.Cl. The van der Waals surface area contributed by atoms with Crippen LogP contribution in [0.1, 0.15) is 21.8 Å². The van der Waals surface area contributed by atoms with Crippen molar-refractivity contribution in [1.82, 2.24) is 4.90 Å². The summed E-state index contributed by atoms with van der Waals surface area (Å²) in [6, 6.07) is 17.7. The molecule has 128 valence electrons. The molecular weight excluding hydrogens is 324 g/mol. The summed E-state index contributed by atoms with van der Waals surface area (Å²) in [7, 11) is 1.59. The van der Waals surface area contributed by atoms with Gasteiger partial charge < -0.3 is 15.4 Å². The molecular formula is C19H23ClN2O2. The highest BCUT2D eigenvalue weighted by Crippen LogP contribution is 2.33. The van der Waals surface area contributed by atoms with E-state index in [-0.39, 0.29) is 24.2 Å². The van der Waals surface area contributed by atoms with Gasteiger partial charge in [-0.15, -0.1) is 12.4 Å². The number of halogens is 1. The normalized spacial score (nSPS) is 19.7. The van der Waals surface area contributed by atoms with Crippen LogP contribution in [0.4, 0.5) is 0 Å². The number of rotatable bonds is 4. The van der Waals surface area contributed by atoms with E-state index in [1.54, 1.807) is 7.11 Å². The van der Waals surface area contributed by atoms with Gasteiger partial charge in [0.25, 0.3) is 5.91 Å². The van der Waals surface area contributed by atoms with Crippen molar-refractivity contribution in [1.29, 1.82) is 0 Å². The molecule has 1 heterocycles. The van der Waals surface area contributed by atoms with Crippen LogP contribution >= 0.6 is 12.4 Å². The van der Waals surface area contributed by atoms with Gasteiger partial charge in [-0.2, -0.15) is 0 Å². The van der Waals surface area contributed by atoms with E-state index in [0.717, 1.165) is 0 Å². The molecule has 0 saturated carbocycles. The molecule has 1 saturated heterocycles. The average molecular weight is 347 g/mol. The summed E-state index contributed by atoms with van der Waals surface area (Å²) >= 11 is 0. The Morgan fingerprint density at radius 2 is 1.79 bits per heavy atom. The number of methoxy groups -OCH3 is 1. The predicted octanol–water partition coefficient (Wildman–Crippen LogP) is 2.93. The summed E-state index contributed by atoms with van der Waals surface area (Å²) in [5.74, 6) is 1.21. The van der Waals surface area contributed by atoms with Crippen molar-refractivity contribution in [3.63, 3.8) is 0 Å². The molecule has 0 spiro atoms. The maximum atomic E-state index is 12.9. The lowest BCUT2D eigenvalue weighted by molar-refractivity contribution is 0.0783. The van der Waals surface area contributed by atoms with Crippen LogP contribution in [0, 0.1) is 5.92 Å². The fourth-order valence-corrected chi connectivity index (χ4v) is 3.35. The number of ether oxygens (including phenoxy) is 1. The van der Waals surface area contributed by atoms with Gasteiger partial charge in [-0.05, 0) is 30.2 Å². The highest BCUT2D eigenvalue weighted by Gasteiger charge is 2.36. The summed E-state index contributed by atoms with van der Waals surface area (Å²) < 4.78 is 5.32. The van der Waals surface area contributed by atoms with Gasteiger partial charge in [-0.1, -0.05) is 42.5 Å². The van der Waals surface area contributed by atoms with Gasteiger partial charge in [0.15, 0.2) is 0 Å². The number of nitrogens with two attached hydrogens (primary N) is 1. The number of carbonyl (C=O) groups excluding carboxylic acids is 1. The Morgan fingerprint density at radius 3 is 2.46 bits per heavy atom. The molecule has 0 unspecified atom stereocenters. The van der Waals surface area contributed by atoms with E-state index >= 15 is 0 Å². The quantitative estimate of drug-likeness (QED) is 0.926. The third-order valence-electron chi connectivity index (χ3n) is 4.60. The van der Waals surface area contributed by atoms with Gasteiger partial charge in [-0.3, -0.25) is 4.79 Å². The summed E-state index contributed by atoms with van der Waals surface area (Å²) in [4.78, 5) is 14.8. The number of hydrogen-bond donors (Lipinski definition) is 1. The number of para-hydroxylation sites is 1. The number of nitrogens with zero attached hydrogens (tertiary/aromatic N) is 1. The topological polar surface area (TPSA) is 55.6 Å². The van der Waals surface area contributed by atoms with E-state index in [2.05, 4.69) is 12.1 Å². The first-order valence-corrected chi connectivity index (χ1v) is 7.92. The first-order chi connectivity index (χ1) is 11.2. The summed E-state index contributed by atoms with van der Waals surface area (Å²) in [5.41, 5.74) is 7.82. The number of benzene rings is 2. The lowest BCUT2D eigenvalue weighted by Crippen LogP contribution is -2.30. The molecule has 5 heteroatoms. The van der Waals surface area contributed by atoms with Gasteiger partial charge in [-0.25, -0.2) is 0 Å². The third-order valence-corrected chi connectivity index (χ3v) is 4.60. The molecule has 2 N–H and O–H groups in total. The molecule has 0 radical (unpaired) electrons. The van der Waals surface area contributed by atoms with E-state index < -0.39 is 0 Å². The lowest BCUT2D eigenvalue weighted by atomic mass is 9.89. The molecule has 2 aromatic carbocycles. The monoisotopic (exact) mass is 346 g/mol. The lowest BCUT2D eigenvalue weighted by Gasteiger charge is -2.18. The van der Waals surface area contributed by atoms with Gasteiger partial charge in [0.2, 0.25) is 0 Å². The number of carbonyl (C=O) groups is 1. The van der Waals surface area contributed by atoms with Gasteiger partial charge >= 0.3 is 0 Å². The summed E-state index contributed by atoms with van der Waals surface area (Å²) in [5, 5.41) is 0. The first-order valence-electron chi connectivity index (χ1n) is 7.92. The largest absolute Gasteiger partial charge is 0.496 e. The van der Waals surface area contributed by atoms with E-state index in [9.17, 15) is 4.79 Å². The molecule has 0 aliphatic carbocycles. The molecule has 1 fully saturated rings. The second-order valence-electron chi connectivity index (χ2n) is 5.92. The molecule has 2 atom stereocenters. The van der Waals surface area contributed by atoms with Gasteiger partial charge in [0.1, 0.15) is 5.75 Å². The van der Waals surface area contributed by atoms with Crippen LogP contribution in [0.5, 0.6) is 5.75 Å². The van der Waals surface area contributed by atoms with E-state index in [0.29, 0.717) is 36.9 Å². The third kappa shape index (κ3) is 3.55. The van der Waals surface area contributed by atoms with Crippen LogP contribution in [0.25, 0.3) is 0 Å². The standard InChI is InChI=1S/C19H22N2O2.ClH/c1-23-18-10-6-5-9-16(18)19(22)21-12-15(11-20)17(13-21)14-7-3-2-4-8-14;/h2-10,15,17H,11-13,20H2,1H3;1H/t15-,17+;/m1./s1. The van der Waals surface area contributed by atoms with Crippen molar-refractivity contribution in [3.8, 4) is 5.75 Å². The van der Waals surface area contributed by atoms with Crippen LogP contribution in [-0.2, 0) is 0 Å². The maximum Gasteiger partial charge on any atom is 0.257 e. The van der Waals surface area contributed by atoms with Crippen LogP contribution in [-0.4, -0.2) is 37.6 Å². The van der Waals surface area contributed by atoms with Crippen LogP contribution in [0.15, 0.2) is 54.6 Å². The molecule has 4 nitrogen and oxygen atoms in total. The molecule has 1 aliphatic heterocycles. The number of amides is 1. The Bertz CT molecular complexity index is 678. The molecule has 0 bridgehead atoms. The van der Waals surface area contributed by atoms with Crippen LogP contribution < -0.4 is 10.5 Å². The van der Waals surface area contributed by atoms with Crippen molar-refractivity contribution in [2.24, 2.45) is 11.7 Å². The molecule has 24 heavy (non-hydrogen) atoms. The summed E-state index contributed by atoms with van der Waals surface area (Å²) in [6.45, 7) is 1.96. The van der Waals surface area contributed by atoms with Gasteiger partial charge in [0, 0.05) is 19.0 Å². The maximum absolute atomic E-state index is 12.9. The zero-order valence-corrected chi connectivity index (χ0v) is 14.5. The summed E-state index contributed by atoms with van der Waals surface area (Å²) in [6.07, 6.45) is 0. The zero-order valence-electron chi connectivity index (χ0n) is 13.7. The van der Waals surface area contributed by atoms with Gasteiger partial charge in [0.05, 0.1) is 12.7 Å². The second-order valence-corrected chi connectivity index (χ2v) is 5.92. The van der Waals surface area contributed by atoms with E-state index in [4.69, 9.17) is 10.5 Å². The second kappa shape index (κ2) is 8.18. The smallest absolute Gasteiger partial charge is 0.257 e. The van der Waals surface area contributed by atoms with Crippen molar-refractivity contribution < 1.29 is 9.53 Å². The fraction of sp³-hybridized carbons (Fsp3) is 0.316. The van der Waals surface area contributed by atoms with Crippen molar-refractivity contribution in [2.45, 2.75) is 5.92 Å². The average Bonchev–Trinajstić information content (AvgIpc) is 3.06. The molecule has 1 amide bonds. The van der Waals surface area contributed by atoms with Crippen molar-refractivity contribution in [2.75, 3.05) is 26.7 Å². The van der Waals surface area contributed by atoms with Crippen molar-refractivity contribution in [3.05, 3.63) is 65.7 Å². The Balaban J connectivity index is 0.00000208. The zero-order chi connectivity index (χ0) is 16.2. The minimum atomic E-state index is 0. The first kappa shape index (κ1) is 18.3. The van der Waals surface area contributed by atoms with E-state index in [1.165, 1.54) is 5.56 Å². The minimum Gasteiger partial charge on any atom is -0.496 e. The predicted molar refractivity (Wildman–Crippen MR) is 97.9 cm³/mol. The Hall–Kier alpha value is -2.04.